The molecular weight excluding hydrogens is 226 g/mol. The molecule has 0 radical (unpaired) electrons. The van der Waals surface area contributed by atoms with Crippen molar-refractivity contribution >= 4 is 17.6 Å². The van der Waals surface area contributed by atoms with Crippen LogP contribution in [0.3, 0.4) is 0 Å². The van der Waals surface area contributed by atoms with Crippen LogP contribution in [0, 0.1) is 5.92 Å². The Labute approximate surface area is 100 Å². The minimum absolute atomic E-state index is 0.218. The van der Waals surface area contributed by atoms with Crippen molar-refractivity contribution in [3.8, 4) is 0 Å². The lowest BCUT2D eigenvalue weighted by atomic mass is 9.78. The van der Waals surface area contributed by atoms with Crippen LogP contribution >= 0.6 is 11.6 Å². The van der Waals surface area contributed by atoms with Crippen molar-refractivity contribution in [2.24, 2.45) is 11.7 Å². The van der Waals surface area contributed by atoms with Crippen molar-refractivity contribution in [1.29, 1.82) is 0 Å². The second kappa shape index (κ2) is 5.32. The van der Waals surface area contributed by atoms with Gasteiger partial charge in [0, 0.05) is 5.88 Å². The van der Waals surface area contributed by atoms with Crippen molar-refractivity contribution < 1.29 is 9.90 Å². The molecule has 0 saturated carbocycles. The highest BCUT2D eigenvalue weighted by Gasteiger charge is 2.40. The number of nitrogens with two attached hydrogens (primary N) is 1. The number of carboxylic acids is 1. The van der Waals surface area contributed by atoms with Gasteiger partial charge in [0.05, 0.1) is 0 Å². The van der Waals surface area contributed by atoms with Gasteiger partial charge in [0.25, 0.3) is 0 Å². The third-order valence-electron chi connectivity index (χ3n) is 2.92. The van der Waals surface area contributed by atoms with Crippen molar-refractivity contribution in [3.05, 3.63) is 35.9 Å². The third kappa shape index (κ3) is 2.36. The van der Waals surface area contributed by atoms with E-state index in [0.717, 1.165) is 0 Å². The first-order valence-electron chi connectivity index (χ1n) is 5.17. The van der Waals surface area contributed by atoms with Crippen LogP contribution in [0.25, 0.3) is 0 Å². The summed E-state index contributed by atoms with van der Waals surface area (Å²) in [5, 5.41) is 9.31. The van der Waals surface area contributed by atoms with Gasteiger partial charge >= 0.3 is 5.97 Å². The van der Waals surface area contributed by atoms with Crippen LogP contribution < -0.4 is 5.73 Å². The number of hydrogen-bond donors (Lipinski definition) is 2. The van der Waals surface area contributed by atoms with E-state index in [9.17, 15) is 9.90 Å². The molecule has 1 rings (SSSR count). The van der Waals surface area contributed by atoms with E-state index in [-0.39, 0.29) is 5.92 Å². The van der Waals surface area contributed by atoms with Crippen LogP contribution in [0.2, 0.25) is 0 Å². The molecule has 0 aromatic heterocycles. The largest absolute Gasteiger partial charge is 0.480 e. The Bertz CT molecular complexity index is 355. The highest BCUT2D eigenvalue weighted by Crippen LogP contribution is 2.29. The van der Waals surface area contributed by atoms with Crippen molar-refractivity contribution in [1.82, 2.24) is 0 Å². The van der Waals surface area contributed by atoms with Crippen molar-refractivity contribution in [3.63, 3.8) is 0 Å². The number of alkyl halides is 1. The van der Waals surface area contributed by atoms with Gasteiger partial charge in [-0.15, -0.1) is 11.6 Å². The van der Waals surface area contributed by atoms with Gasteiger partial charge in [-0.1, -0.05) is 37.3 Å². The number of carbonyl (C=O) groups is 1. The Morgan fingerprint density at radius 3 is 2.50 bits per heavy atom. The number of carboxylic acid groups (broad SMARTS) is 1. The van der Waals surface area contributed by atoms with E-state index in [1.807, 2.05) is 13.0 Å². The highest BCUT2D eigenvalue weighted by atomic mass is 35.5. The molecule has 0 bridgehead atoms. The standard InChI is InChI=1S/C12H16ClNO2/c1-9(7-8-13)12(14,11(15)16)10-5-3-2-4-6-10/h2-6,9H,7-8,14H2,1H3,(H,15,16). The Kier molecular flexibility index (Phi) is 4.33. The van der Waals surface area contributed by atoms with Gasteiger partial charge in [0.2, 0.25) is 0 Å². The molecule has 0 amide bonds. The molecule has 2 unspecified atom stereocenters. The Balaban J connectivity index is 3.12. The molecule has 2 atom stereocenters. The zero-order chi connectivity index (χ0) is 12.2. The number of halogens is 1. The molecule has 4 heteroatoms. The second-order valence-electron chi connectivity index (χ2n) is 3.92. The molecule has 0 aliphatic rings. The lowest BCUT2D eigenvalue weighted by Gasteiger charge is -2.31. The van der Waals surface area contributed by atoms with E-state index >= 15 is 0 Å². The second-order valence-corrected chi connectivity index (χ2v) is 4.30. The first kappa shape index (κ1) is 13.0. The van der Waals surface area contributed by atoms with Crippen molar-refractivity contribution in [2.45, 2.75) is 18.9 Å². The fraction of sp³-hybridized carbons (Fsp3) is 0.417. The molecule has 0 spiro atoms. The summed E-state index contributed by atoms with van der Waals surface area (Å²) in [6, 6.07) is 8.87. The number of benzene rings is 1. The smallest absolute Gasteiger partial charge is 0.328 e. The first-order valence-corrected chi connectivity index (χ1v) is 5.70. The zero-order valence-electron chi connectivity index (χ0n) is 9.19. The van der Waals surface area contributed by atoms with Gasteiger partial charge < -0.3 is 10.8 Å². The van der Waals surface area contributed by atoms with Crippen LogP contribution in [0.15, 0.2) is 30.3 Å². The Morgan fingerprint density at radius 1 is 1.50 bits per heavy atom. The molecule has 0 aliphatic carbocycles. The number of rotatable bonds is 5. The molecule has 0 aliphatic heterocycles. The number of aliphatic carboxylic acids is 1. The van der Waals surface area contributed by atoms with Crippen LogP contribution in [-0.4, -0.2) is 17.0 Å². The van der Waals surface area contributed by atoms with Gasteiger partial charge in [0.15, 0.2) is 0 Å². The van der Waals surface area contributed by atoms with Gasteiger partial charge in [-0.25, -0.2) is 4.79 Å². The molecule has 0 saturated heterocycles. The van der Waals surface area contributed by atoms with Crippen LogP contribution in [0.5, 0.6) is 0 Å². The molecule has 0 heterocycles. The maximum atomic E-state index is 11.4. The molecule has 88 valence electrons. The van der Waals surface area contributed by atoms with Crippen LogP contribution in [0.4, 0.5) is 0 Å². The molecule has 0 fully saturated rings. The minimum atomic E-state index is -1.36. The first-order chi connectivity index (χ1) is 7.53. The summed E-state index contributed by atoms with van der Waals surface area (Å²) in [7, 11) is 0. The van der Waals surface area contributed by atoms with Gasteiger partial charge in [0.1, 0.15) is 5.54 Å². The summed E-state index contributed by atoms with van der Waals surface area (Å²) in [4.78, 5) is 11.4. The van der Waals surface area contributed by atoms with E-state index in [0.29, 0.717) is 17.9 Å². The Hall–Kier alpha value is -1.06. The third-order valence-corrected chi connectivity index (χ3v) is 3.14. The number of hydrogen-bond acceptors (Lipinski definition) is 2. The van der Waals surface area contributed by atoms with E-state index in [1.165, 1.54) is 0 Å². The fourth-order valence-corrected chi connectivity index (χ4v) is 2.05. The predicted octanol–water partition coefficient (Wildman–Crippen LogP) is 2.19. The van der Waals surface area contributed by atoms with E-state index < -0.39 is 11.5 Å². The average Bonchev–Trinajstić information content (AvgIpc) is 2.29. The fourth-order valence-electron chi connectivity index (χ4n) is 1.72. The monoisotopic (exact) mass is 241 g/mol. The van der Waals surface area contributed by atoms with Gasteiger partial charge in [-0.05, 0) is 17.9 Å². The maximum absolute atomic E-state index is 11.4. The molecule has 3 nitrogen and oxygen atoms in total. The zero-order valence-corrected chi connectivity index (χ0v) is 9.95. The Morgan fingerprint density at radius 2 is 2.06 bits per heavy atom. The average molecular weight is 242 g/mol. The normalized spacial score (nSPS) is 16.4. The van der Waals surface area contributed by atoms with E-state index in [2.05, 4.69) is 0 Å². The maximum Gasteiger partial charge on any atom is 0.328 e. The lowest BCUT2D eigenvalue weighted by molar-refractivity contribution is -0.146. The van der Waals surface area contributed by atoms with E-state index in [4.69, 9.17) is 17.3 Å². The summed E-state index contributed by atoms with van der Waals surface area (Å²) >= 11 is 5.65. The van der Waals surface area contributed by atoms with Crippen molar-refractivity contribution in [2.75, 3.05) is 5.88 Å². The molecular formula is C12H16ClNO2. The molecule has 1 aromatic rings. The predicted molar refractivity (Wildman–Crippen MR) is 64.4 cm³/mol. The summed E-state index contributed by atoms with van der Waals surface area (Å²) in [5.74, 6) is -0.832. The SMILES string of the molecule is CC(CCCl)C(N)(C(=O)O)c1ccccc1. The van der Waals surface area contributed by atoms with Gasteiger partial charge in [-0.2, -0.15) is 0 Å². The summed E-state index contributed by atoms with van der Waals surface area (Å²) in [5.41, 5.74) is 5.28. The summed E-state index contributed by atoms with van der Waals surface area (Å²) in [6.45, 7) is 1.81. The summed E-state index contributed by atoms with van der Waals surface area (Å²) in [6.07, 6.45) is 0.569. The van der Waals surface area contributed by atoms with Crippen LogP contribution in [-0.2, 0) is 10.3 Å². The lowest BCUT2D eigenvalue weighted by Crippen LogP contribution is -2.50. The minimum Gasteiger partial charge on any atom is -0.480 e. The molecule has 3 N–H and O–H groups in total. The van der Waals surface area contributed by atoms with Crippen LogP contribution in [0.1, 0.15) is 18.9 Å². The van der Waals surface area contributed by atoms with Gasteiger partial charge in [-0.3, -0.25) is 0 Å². The highest BCUT2D eigenvalue weighted by molar-refractivity contribution is 6.17. The summed E-state index contributed by atoms with van der Waals surface area (Å²) < 4.78 is 0. The molecule has 16 heavy (non-hydrogen) atoms. The quantitative estimate of drug-likeness (QED) is 0.777. The van der Waals surface area contributed by atoms with E-state index in [1.54, 1.807) is 24.3 Å². The molecule has 1 aromatic carbocycles. The topological polar surface area (TPSA) is 63.3 Å².